The average Bonchev–Trinajstić information content (AvgIpc) is 2.99. The fraction of sp³-hybridized carbons (Fsp3) is 1.00. The molecule has 2 nitrogen and oxygen atoms in total. The zero-order chi connectivity index (χ0) is 10.8. The summed E-state index contributed by atoms with van der Waals surface area (Å²) in [4.78, 5) is 2.57. The summed E-state index contributed by atoms with van der Waals surface area (Å²) in [5, 5.41) is 0. The number of hydrogen-bond donors (Lipinski definition) is 1. The van der Waals surface area contributed by atoms with Crippen molar-refractivity contribution in [2.45, 2.75) is 57.5 Å². The fourth-order valence-corrected chi connectivity index (χ4v) is 3.01. The quantitative estimate of drug-likeness (QED) is 0.771. The van der Waals surface area contributed by atoms with Crippen LogP contribution < -0.4 is 5.73 Å². The van der Waals surface area contributed by atoms with Gasteiger partial charge in [0.1, 0.15) is 0 Å². The second kappa shape index (κ2) is 4.84. The van der Waals surface area contributed by atoms with Crippen molar-refractivity contribution in [2.75, 3.05) is 13.6 Å². The van der Waals surface area contributed by atoms with Crippen molar-refractivity contribution in [2.24, 2.45) is 17.6 Å². The third-order valence-electron chi connectivity index (χ3n) is 4.37. The van der Waals surface area contributed by atoms with Crippen LogP contribution in [0.2, 0.25) is 0 Å². The summed E-state index contributed by atoms with van der Waals surface area (Å²) in [6, 6.07) is 1.27. The highest BCUT2D eigenvalue weighted by Crippen LogP contribution is 2.35. The highest BCUT2D eigenvalue weighted by atomic mass is 15.1. The first kappa shape index (κ1) is 11.4. The van der Waals surface area contributed by atoms with Gasteiger partial charge in [-0.25, -0.2) is 0 Å². The molecule has 0 aromatic heterocycles. The second-order valence-electron chi connectivity index (χ2n) is 5.81. The molecule has 0 radical (unpaired) electrons. The van der Waals surface area contributed by atoms with Crippen molar-refractivity contribution in [1.29, 1.82) is 0 Å². The Morgan fingerprint density at radius 1 is 1.27 bits per heavy atom. The van der Waals surface area contributed by atoms with Gasteiger partial charge < -0.3 is 10.6 Å². The van der Waals surface area contributed by atoms with E-state index in [0.29, 0.717) is 6.04 Å². The monoisotopic (exact) mass is 210 g/mol. The normalized spacial score (nSPS) is 34.4. The third-order valence-corrected chi connectivity index (χ3v) is 4.37. The van der Waals surface area contributed by atoms with Gasteiger partial charge in [0.15, 0.2) is 0 Å². The predicted molar refractivity (Wildman–Crippen MR) is 64.7 cm³/mol. The Labute approximate surface area is 94.2 Å². The molecule has 0 spiro atoms. The molecule has 2 fully saturated rings. The van der Waals surface area contributed by atoms with Crippen LogP contribution in [0.4, 0.5) is 0 Å². The van der Waals surface area contributed by atoms with Crippen LogP contribution in [-0.2, 0) is 0 Å². The Kier molecular flexibility index (Phi) is 3.68. The third kappa shape index (κ3) is 3.18. The van der Waals surface area contributed by atoms with Crippen LogP contribution in [0.15, 0.2) is 0 Å². The number of nitrogens with two attached hydrogens (primary N) is 1. The molecular formula is C13H26N2. The second-order valence-corrected chi connectivity index (χ2v) is 5.81. The van der Waals surface area contributed by atoms with Crippen LogP contribution >= 0.6 is 0 Å². The van der Waals surface area contributed by atoms with Crippen LogP contribution in [0.1, 0.15) is 45.4 Å². The summed E-state index contributed by atoms with van der Waals surface area (Å²) in [7, 11) is 2.29. The van der Waals surface area contributed by atoms with Crippen molar-refractivity contribution in [3.63, 3.8) is 0 Å². The van der Waals surface area contributed by atoms with Crippen LogP contribution in [0, 0.1) is 11.8 Å². The van der Waals surface area contributed by atoms with Gasteiger partial charge in [0.25, 0.3) is 0 Å². The molecule has 3 atom stereocenters. The van der Waals surface area contributed by atoms with Gasteiger partial charge in [0.2, 0.25) is 0 Å². The maximum Gasteiger partial charge on any atom is 0.00922 e. The molecular weight excluding hydrogens is 184 g/mol. The van der Waals surface area contributed by atoms with Crippen LogP contribution in [-0.4, -0.2) is 30.6 Å². The smallest absolute Gasteiger partial charge is 0.00922 e. The Hall–Kier alpha value is -0.0800. The zero-order valence-electron chi connectivity index (χ0n) is 10.3. The molecule has 0 aromatic rings. The summed E-state index contributed by atoms with van der Waals surface area (Å²) in [5.41, 5.74) is 6.03. The average molecular weight is 210 g/mol. The van der Waals surface area contributed by atoms with Crippen molar-refractivity contribution in [3.8, 4) is 0 Å². The number of rotatable bonds is 4. The molecule has 2 saturated carbocycles. The lowest BCUT2D eigenvalue weighted by molar-refractivity contribution is 0.171. The van der Waals surface area contributed by atoms with E-state index in [4.69, 9.17) is 5.73 Å². The lowest BCUT2D eigenvalue weighted by Crippen LogP contribution is -2.38. The van der Waals surface area contributed by atoms with E-state index in [9.17, 15) is 0 Å². The van der Waals surface area contributed by atoms with E-state index in [2.05, 4.69) is 18.9 Å². The molecule has 0 aliphatic heterocycles. The predicted octanol–water partition coefficient (Wildman–Crippen LogP) is 2.23. The maximum atomic E-state index is 6.03. The Bertz CT molecular complexity index is 201. The molecule has 0 saturated heterocycles. The van der Waals surface area contributed by atoms with E-state index < -0.39 is 0 Å². The SMILES string of the molecule is CC(C1CC1)N(C)CC1CCCC(N)C1. The molecule has 0 bridgehead atoms. The van der Waals surface area contributed by atoms with Crippen molar-refractivity contribution < 1.29 is 0 Å². The molecule has 2 N–H and O–H groups in total. The van der Waals surface area contributed by atoms with E-state index >= 15 is 0 Å². The molecule has 15 heavy (non-hydrogen) atoms. The zero-order valence-corrected chi connectivity index (χ0v) is 10.3. The molecule has 0 heterocycles. The van der Waals surface area contributed by atoms with Crippen LogP contribution in [0.3, 0.4) is 0 Å². The van der Waals surface area contributed by atoms with E-state index in [0.717, 1.165) is 17.9 Å². The number of hydrogen-bond acceptors (Lipinski definition) is 2. The van der Waals surface area contributed by atoms with Gasteiger partial charge in [-0.2, -0.15) is 0 Å². The highest BCUT2D eigenvalue weighted by Gasteiger charge is 2.31. The molecule has 88 valence electrons. The van der Waals surface area contributed by atoms with Gasteiger partial charge in [-0.3, -0.25) is 0 Å². The first-order chi connectivity index (χ1) is 7.16. The Balaban J connectivity index is 1.74. The maximum absolute atomic E-state index is 6.03. The standard InChI is InChI=1S/C13H26N2/c1-10(12-6-7-12)15(2)9-11-4-3-5-13(14)8-11/h10-13H,3-9,14H2,1-2H3. The minimum Gasteiger partial charge on any atom is -0.328 e. The molecule has 2 aliphatic rings. The van der Waals surface area contributed by atoms with Crippen LogP contribution in [0.5, 0.6) is 0 Å². The summed E-state index contributed by atoms with van der Waals surface area (Å²) in [6.45, 7) is 3.66. The van der Waals surface area contributed by atoms with Crippen molar-refractivity contribution in [1.82, 2.24) is 4.90 Å². The van der Waals surface area contributed by atoms with Crippen LogP contribution in [0.25, 0.3) is 0 Å². The summed E-state index contributed by atoms with van der Waals surface area (Å²) < 4.78 is 0. The summed E-state index contributed by atoms with van der Waals surface area (Å²) in [6.07, 6.45) is 8.15. The minimum atomic E-state index is 0.480. The fourth-order valence-electron chi connectivity index (χ4n) is 3.01. The van der Waals surface area contributed by atoms with Crippen molar-refractivity contribution in [3.05, 3.63) is 0 Å². The molecule has 0 amide bonds. The van der Waals surface area contributed by atoms with Gasteiger partial charge in [-0.05, 0) is 57.9 Å². The minimum absolute atomic E-state index is 0.480. The van der Waals surface area contributed by atoms with E-state index in [-0.39, 0.29) is 0 Å². The van der Waals surface area contributed by atoms with Gasteiger partial charge in [0.05, 0.1) is 0 Å². The van der Waals surface area contributed by atoms with Gasteiger partial charge in [-0.1, -0.05) is 6.42 Å². The lowest BCUT2D eigenvalue weighted by Gasteiger charge is -2.33. The highest BCUT2D eigenvalue weighted by molar-refractivity contribution is 4.86. The molecule has 3 unspecified atom stereocenters. The Morgan fingerprint density at radius 3 is 2.60 bits per heavy atom. The van der Waals surface area contributed by atoms with E-state index in [1.54, 1.807) is 0 Å². The first-order valence-corrected chi connectivity index (χ1v) is 6.62. The molecule has 2 heteroatoms. The Morgan fingerprint density at radius 2 is 2.00 bits per heavy atom. The largest absolute Gasteiger partial charge is 0.328 e. The van der Waals surface area contributed by atoms with Gasteiger partial charge in [0, 0.05) is 18.6 Å². The lowest BCUT2D eigenvalue weighted by atomic mass is 9.85. The summed E-state index contributed by atoms with van der Waals surface area (Å²) >= 11 is 0. The molecule has 2 aliphatic carbocycles. The van der Waals surface area contributed by atoms with Crippen molar-refractivity contribution >= 4 is 0 Å². The van der Waals surface area contributed by atoms with E-state index in [1.165, 1.54) is 45.1 Å². The molecule has 0 aromatic carbocycles. The molecule has 2 rings (SSSR count). The number of nitrogens with zero attached hydrogens (tertiary/aromatic N) is 1. The van der Waals surface area contributed by atoms with Gasteiger partial charge in [-0.15, -0.1) is 0 Å². The first-order valence-electron chi connectivity index (χ1n) is 6.62. The van der Waals surface area contributed by atoms with Gasteiger partial charge >= 0.3 is 0 Å². The van der Waals surface area contributed by atoms with E-state index in [1.807, 2.05) is 0 Å². The topological polar surface area (TPSA) is 29.3 Å². The summed E-state index contributed by atoms with van der Waals surface area (Å²) in [5.74, 6) is 1.85.